The third-order valence-corrected chi connectivity index (χ3v) is 5.76. The Labute approximate surface area is 172 Å². The van der Waals surface area contributed by atoms with Crippen LogP contribution in [-0.4, -0.2) is 38.8 Å². The summed E-state index contributed by atoms with van der Waals surface area (Å²) in [5.41, 5.74) is 2.70. The molecule has 144 valence electrons. The molecule has 0 saturated carbocycles. The number of benzene rings is 2. The Morgan fingerprint density at radius 2 is 1.08 bits per heavy atom. The van der Waals surface area contributed by atoms with Crippen LogP contribution in [0.2, 0.25) is 0 Å². The first-order valence-corrected chi connectivity index (χ1v) is 10.7. The summed E-state index contributed by atoms with van der Waals surface area (Å²) in [5, 5.41) is 3.51. The standard InChI is InChI=1S/C20H27NO2S2.ClH/c1-22-19-7-3-17(4-8-19)15-24-13-11-21-12-14-25-16-18-5-9-20(23-2)10-6-18;/h3-10,21H,11-16H2,1-2H3;1H. The second-order valence-electron chi connectivity index (χ2n) is 5.55. The minimum absolute atomic E-state index is 0. The lowest BCUT2D eigenvalue weighted by molar-refractivity contribution is 0.414. The predicted octanol–water partition coefficient (Wildman–Crippen LogP) is 4.88. The summed E-state index contributed by atoms with van der Waals surface area (Å²) in [5.74, 6) is 6.21. The van der Waals surface area contributed by atoms with Crippen molar-refractivity contribution in [2.75, 3.05) is 38.8 Å². The Morgan fingerprint density at radius 1 is 0.692 bits per heavy atom. The molecule has 0 fully saturated rings. The van der Waals surface area contributed by atoms with Crippen molar-refractivity contribution in [3.63, 3.8) is 0 Å². The molecule has 0 bridgehead atoms. The number of hydrogen-bond acceptors (Lipinski definition) is 5. The monoisotopic (exact) mass is 413 g/mol. The molecule has 26 heavy (non-hydrogen) atoms. The molecule has 3 nitrogen and oxygen atoms in total. The fourth-order valence-corrected chi connectivity index (χ4v) is 3.96. The van der Waals surface area contributed by atoms with Crippen molar-refractivity contribution in [2.45, 2.75) is 11.5 Å². The number of halogens is 1. The van der Waals surface area contributed by atoms with Crippen molar-refractivity contribution in [1.82, 2.24) is 5.32 Å². The fourth-order valence-electron chi connectivity index (χ4n) is 2.24. The van der Waals surface area contributed by atoms with Crippen LogP contribution in [0.25, 0.3) is 0 Å². The molecule has 0 atom stereocenters. The van der Waals surface area contributed by atoms with Crippen LogP contribution in [0.1, 0.15) is 11.1 Å². The smallest absolute Gasteiger partial charge is 0.118 e. The Hall–Kier alpha value is -1.01. The Morgan fingerprint density at radius 3 is 1.42 bits per heavy atom. The number of rotatable bonds is 12. The quantitative estimate of drug-likeness (QED) is 0.501. The van der Waals surface area contributed by atoms with Gasteiger partial charge in [0.2, 0.25) is 0 Å². The van der Waals surface area contributed by atoms with Crippen molar-refractivity contribution in [1.29, 1.82) is 0 Å². The predicted molar refractivity (Wildman–Crippen MR) is 118 cm³/mol. The summed E-state index contributed by atoms with van der Waals surface area (Å²) in [6, 6.07) is 16.6. The van der Waals surface area contributed by atoms with Gasteiger partial charge in [-0.05, 0) is 35.4 Å². The molecule has 0 radical (unpaired) electrons. The van der Waals surface area contributed by atoms with E-state index in [0.717, 1.165) is 47.6 Å². The van der Waals surface area contributed by atoms with Crippen LogP contribution >= 0.6 is 35.9 Å². The molecular formula is C20H28ClNO2S2. The van der Waals surface area contributed by atoms with Gasteiger partial charge >= 0.3 is 0 Å². The van der Waals surface area contributed by atoms with E-state index in [4.69, 9.17) is 9.47 Å². The second-order valence-corrected chi connectivity index (χ2v) is 7.76. The molecule has 0 aliphatic heterocycles. The lowest BCUT2D eigenvalue weighted by Crippen LogP contribution is -2.20. The minimum atomic E-state index is 0. The van der Waals surface area contributed by atoms with Gasteiger partial charge in [0.1, 0.15) is 11.5 Å². The van der Waals surface area contributed by atoms with Gasteiger partial charge in [0.15, 0.2) is 0 Å². The molecule has 1 N–H and O–H groups in total. The molecule has 0 heterocycles. The van der Waals surface area contributed by atoms with Crippen molar-refractivity contribution in [3.05, 3.63) is 59.7 Å². The molecule has 2 rings (SSSR count). The number of methoxy groups -OCH3 is 2. The van der Waals surface area contributed by atoms with Crippen LogP contribution in [0, 0.1) is 0 Å². The van der Waals surface area contributed by atoms with E-state index in [1.54, 1.807) is 14.2 Å². The van der Waals surface area contributed by atoms with Gasteiger partial charge in [-0.15, -0.1) is 12.4 Å². The van der Waals surface area contributed by atoms with Crippen LogP contribution in [0.5, 0.6) is 11.5 Å². The molecule has 2 aromatic rings. The van der Waals surface area contributed by atoms with Crippen molar-refractivity contribution in [3.8, 4) is 11.5 Å². The fraction of sp³-hybridized carbons (Fsp3) is 0.400. The van der Waals surface area contributed by atoms with Gasteiger partial charge in [0, 0.05) is 36.1 Å². The molecule has 0 aliphatic carbocycles. The highest BCUT2D eigenvalue weighted by atomic mass is 35.5. The maximum Gasteiger partial charge on any atom is 0.118 e. The number of nitrogens with one attached hydrogen (secondary N) is 1. The Kier molecular flexibility index (Phi) is 12.5. The van der Waals surface area contributed by atoms with Gasteiger partial charge < -0.3 is 14.8 Å². The van der Waals surface area contributed by atoms with Crippen molar-refractivity contribution >= 4 is 35.9 Å². The first-order valence-electron chi connectivity index (χ1n) is 8.44. The summed E-state index contributed by atoms with van der Waals surface area (Å²) in [6.07, 6.45) is 0. The zero-order valence-electron chi connectivity index (χ0n) is 15.4. The Bertz CT molecular complexity index is 540. The van der Waals surface area contributed by atoms with Crippen LogP contribution < -0.4 is 14.8 Å². The van der Waals surface area contributed by atoms with E-state index in [2.05, 4.69) is 29.6 Å². The molecule has 0 amide bonds. The highest BCUT2D eigenvalue weighted by Gasteiger charge is 1.97. The maximum absolute atomic E-state index is 5.17. The number of thioether (sulfide) groups is 2. The van der Waals surface area contributed by atoms with Crippen LogP contribution in [0.15, 0.2) is 48.5 Å². The lowest BCUT2D eigenvalue weighted by atomic mass is 10.2. The van der Waals surface area contributed by atoms with E-state index in [-0.39, 0.29) is 12.4 Å². The van der Waals surface area contributed by atoms with E-state index in [9.17, 15) is 0 Å². The van der Waals surface area contributed by atoms with Crippen LogP contribution in [0.3, 0.4) is 0 Å². The van der Waals surface area contributed by atoms with E-state index >= 15 is 0 Å². The largest absolute Gasteiger partial charge is 0.497 e. The topological polar surface area (TPSA) is 30.5 Å². The van der Waals surface area contributed by atoms with Gasteiger partial charge in [-0.2, -0.15) is 23.5 Å². The van der Waals surface area contributed by atoms with E-state index in [0.29, 0.717) is 0 Å². The third kappa shape index (κ3) is 9.08. The number of ether oxygens (including phenoxy) is 2. The molecule has 0 saturated heterocycles. The van der Waals surface area contributed by atoms with Crippen LogP contribution in [0.4, 0.5) is 0 Å². The second kappa shape index (κ2) is 14.1. The summed E-state index contributed by atoms with van der Waals surface area (Å²) < 4.78 is 10.3. The average Bonchev–Trinajstić information content (AvgIpc) is 2.67. The van der Waals surface area contributed by atoms with Gasteiger partial charge in [0.05, 0.1) is 14.2 Å². The van der Waals surface area contributed by atoms with E-state index < -0.39 is 0 Å². The average molecular weight is 414 g/mol. The number of hydrogen-bond donors (Lipinski definition) is 1. The summed E-state index contributed by atoms with van der Waals surface area (Å²) >= 11 is 3.92. The lowest BCUT2D eigenvalue weighted by Gasteiger charge is -2.06. The van der Waals surface area contributed by atoms with Crippen molar-refractivity contribution < 1.29 is 9.47 Å². The Balaban J connectivity index is 0.00000338. The van der Waals surface area contributed by atoms with E-state index in [1.807, 2.05) is 47.8 Å². The first-order chi connectivity index (χ1) is 12.3. The summed E-state index contributed by atoms with van der Waals surface area (Å²) in [7, 11) is 3.40. The summed E-state index contributed by atoms with van der Waals surface area (Å²) in [4.78, 5) is 0. The normalized spacial score (nSPS) is 10.2. The molecule has 0 aliphatic rings. The molecule has 0 aromatic heterocycles. The zero-order chi connectivity index (χ0) is 17.7. The molecule has 6 heteroatoms. The first kappa shape index (κ1) is 23.0. The van der Waals surface area contributed by atoms with Crippen molar-refractivity contribution in [2.24, 2.45) is 0 Å². The summed E-state index contributed by atoms with van der Waals surface area (Å²) in [6.45, 7) is 2.12. The zero-order valence-corrected chi connectivity index (χ0v) is 17.9. The molecule has 2 aromatic carbocycles. The highest BCUT2D eigenvalue weighted by Crippen LogP contribution is 2.17. The molecule has 0 unspecified atom stereocenters. The highest BCUT2D eigenvalue weighted by molar-refractivity contribution is 7.98. The van der Waals surface area contributed by atoms with Gasteiger partial charge in [-0.3, -0.25) is 0 Å². The molecule has 0 spiro atoms. The SMILES string of the molecule is COc1ccc(CSCCNCCSCc2ccc(OC)cc2)cc1.Cl. The van der Waals surface area contributed by atoms with Gasteiger partial charge in [0.25, 0.3) is 0 Å². The maximum atomic E-state index is 5.17. The molecular weight excluding hydrogens is 386 g/mol. The van der Waals surface area contributed by atoms with Gasteiger partial charge in [-0.25, -0.2) is 0 Å². The third-order valence-electron chi connectivity index (χ3n) is 3.70. The minimum Gasteiger partial charge on any atom is -0.497 e. The van der Waals surface area contributed by atoms with Gasteiger partial charge in [-0.1, -0.05) is 24.3 Å². The van der Waals surface area contributed by atoms with Crippen LogP contribution in [-0.2, 0) is 11.5 Å². The van der Waals surface area contributed by atoms with E-state index in [1.165, 1.54) is 11.1 Å².